The summed E-state index contributed by atoms with van der Waals surface area (Å²) in [4.78, 5) is 0. The minimum absolute atomic E-state index is 0.147. The molecule has 0 aliphatic carbocycles. The molecule has 1 N–H and O–H groups in total. The van der Waals surface area contributed by atoms with E-state index in [1.807, 2.05) is 12.1 Å². The fourth-order valence-corrected chi connectivity index (χ4v) is 2.37. The van der Waals surface area contributed by atoms with E-state index in [4.69, 9.17) is 9.47 Å². The topological polar surface area (TPSA) is 30.5 Å². The highest BCUT2D eigenvalue weighted by atomic mass is 79.9. The van der Waals surface area contributed by atoms with Crippen molar-refractivity contribution in [3.05, 3.63) is 28.2 Å². The normalized spacial score (nSPS) is 14.1. The van der Waals surface area contributed by atoms with Crippen LogP contribution in [0.5, 0.6) is 5.75 Å². The van der Waals surface area contributed by atoms with Gasteiger partial charge in [-0.3, -0.25) is 0 Å². The lowest BCUT2D eigenvalue weighted by Gasteiger charge is -2.21. The van der Waals surface area contributed by atoms with Crippen LogP contribution in [-0.2, 0) is 4.74 Å². The Bertz CT molecular complexity index is 398. The van der Waals surface area contributed by atoms with E-state index < -0.39 is 0 Å². The average Bonchev–Trinajstić information content (AvgIpc) is 2.44. The number of halogens is 1. The summed E-state index contributed by atoms with van der Waals surface area (Å²) in [6.45, 7) is 8.15. The van der Waals surface area contributed by atoms with Crippen LogP contribution in [0.2, 0.25) is 0 Å². The van der Waals surface area contributed by atoms with E-state index >= 15 is 0 Å². The van der Waals surface area contributed by atoms with Gasteiger partial charge in [0.1, 0.15) is 5.75 Å². The minimum atomic E-state index is 0.147. The molecule has 4 heteroatoms. The molecule has 1 aromatic carbocycles. The predicted molar refractivity (Wildman–Crippen MR) is 87.4 cm³/mol. The Morgan fingerprint density at radius 2 is 2.05 bits per heavy atom. The molecule has 0 spiro atoms. The van der Waals surface area contributed by atoms with Gasteiger partial charge in [0, 0.05) is 36.2 Å². The molecule has 0 heterocycles. The summed E-state index contributed by atoms with van der Waals surface area (Å²) in [6.07, 6.45) is 2.16. The third-order valence-electron chi connectivity index (χ3n) is 3.20. The SMILES string of the molecule is CCCNC(C)c1cc(Br)ccc1OC(C)CCOC. The number of hydrogen-bond acceptors (Lipinski definition) is 3. The zero-order valence-electron chi connectivity index (χ0n) is 12.9. The second-order valence-corrected chi connectivity index (χ2v) is 5.98. The predicted octanol–water partition coefficient (Wildman–Crippen LogP) is 4.31. The largest absolute Gasteiger partial charge is 0.490 e. The van der Waals surface area contributed by atoms with Crippen molar-refractivity contribution < 1.29 is 9.47 Å². The van der Waals surface area contributed by atoms with Gasteiger partial charge in [0.05, 0.1) is 6.10 Å². The highest BCUT2D eigenvalue weighted by Crippen LogP contribution is 2.29. The van der Waals surface area contributed by atoms with Gasteiger partial charge in [-0.2, -0.15) is 0 Å². The van der Waals surface area contributed by atoms with Crippen molar-refractivity contribution in [3.63, 3.8) is 0 Å². The quantitative estimate of drug-likeness (QED) is 0.724. The standard InChI is InChI=1S/C16H26BrNO2/c1-5-9-18-13(3)15-11-14(17)6-7-16(15)20-12(2)8-10-19-4/h6-7,11-13,18H,5,8-10H2,1-4H3. The van der Waals surface area contributed by atoms with Crippen LogP contribution in [-0.4, -0.2) is 26.4 Å². The first-order chi connectivity index (χ1) is 9.58. The van der Waals surface area contributed by atoms with Crippen LogP contribution in [0.15, 0.2) is 22.7 Å². The molecule has 0 aliphatic heterocycles. The van der Waals surface area contributed by atoms with Gasteiger partial charge in [0.25, 0.3) is 0 Å². The number of rotatable bonds is 9. The Labute approximate surface area is 131 Å². The van der Waals surface area contributed by atoms with E-state index in [0.717, 1.165) is 36.2 Å². The molecule has 0 aliphatic rings. The summed E-state index contributed by atoms with van der Waals surface area (Å²) in [5.74, 6) is 0.952. The number of methoxy groups -OCH3 is 1. The lowest BCUT2D eigenvalue weighted by atomic mass is 10.1. The molecule has 0 bridgehead atoms. The van der Waals surface area contributed by atoms with Crippen LogP contribution < -0.4 is 10.1 Å². The molecule has 2 unspecified atom stereocenters. The van der Waals surface area contributed by atoms with Crippen LogP contribution in [0.3, 0.4) is 0 Å². The first kappa shape index (κ1) is 17.5. The van der Waals surface area contributed by atoms with E-state index in [1.54, 1.807) is 7.11 Å². The van der Waals surface area contributed by atoms with Gasteiger partial charge >= 0.3 is 0 Å². The molecule has 0 aromatic heterocycles. The molecule has 0 radical (unpaired) electrons. The number of hydrogen-bond donors (Lipinski definition) is 1. The molecule has 2 atom stereocenters. The number of benzene rings is 1. The smallest absolute Gasteiger partial charge is 0.124 e. The van der Waals surface area contributed by atoms with Gasteiger partial charge in [0.15, 0.2) is 0 Å². The maximum absolute atomic E-state index is 6.06. The van der Waals surface area contributed by atoms with Gasteiger partial charge in [-0.25, -0.2) is 0 Å². The van der Waals surface area contributed by atoms with E-state index in [0.29, 0.717) is 0 Å². The third-order valence-corrected chi connectivity index (χ3v) is 3.69. The Balaban J connectivity index is 2.78. The highest BCUT2D eigenvalue weighted by Gasteiger charge is 2.14. The fraction of sp³-hybridized carbons (Fsp3) is 0.625. The fourth-order valence-electron chi connectivity index (χ4n) is 2.00. The Morgan fingerprint density at radius 3 is 2.70 bits per heavy atom. The Morgan fingerprint density at radius 1 is 1.30 bits per heavy atom. The van der Waals surface area contributed by atoms with E-state index in [2.05, 4.69) is 48.1 Å². The first-order valence-electron chi connectivity index (χ1n) is 7.26. The summed E-state index contributed by atoms with van der Waals surface area (Å²) in [6, 6.07) is 6.46. The van der Waals surface area contributed by atoms with Crippen molar-refractivity contribution in [3.8, 4) is 5.75 Å². The minimum Gasteiger partial charge on any atom is -0.490 e. The summed E-state index contributed by atoms with van der Waals surface area (Å²) in [5.41, 5.74) is 1.19. The highest BCUT2D eigenvalue weighted by molar-refractivity contribution is 9.10. The molecule has 1 rings (SSSR count). The molecular weight excluding hydrogens is 318 g/mol. The Kier molecular flexibility index (Phi) is 8.19. The van der Waals surface area contributed by atoms with E-state index in [1.165, 1.54) is 5.56 Å². The maximum atomic E-state index is 6.06. The first-order valence-corrected chi connectivity index (χ1v) is 8.06. The zero-order chi connectivity index (χ0) is 15.0. The van der Waals surface area contributed by atoms with Crippen molar-refractivity contribution in [1.82, 2.24) is 5.32 Å². The van der Waals surface area contributed by atoms with Gasteiger partial charge in [-0.15, -0.1) is 0 Å². The van der Waals surface area contributed by atoms with Crippen LogP contribution in [0.1, 0.15) is 45.2 Å². The summed E-state index contributed by atoms with van der Waals surface area (Å²) in [7, 11) is 1.72. The molecule has 0 amide bonds. The van der Waals surface area contributed by atoms with Crippen molar-refractivity contribution in [1.29, 1.82) is 0 Å². The zero-order valence-corrected chi connectivity index (χ0v) is 14.5. The average molecular weight is 344 g/mol. The monoisotopic (exact) mass is 343 g/mol. The van der Waals surface area contributed by atoms with Crippen LogP contribution in [0, 0.1) is 0 Å². The second kappa shape index (κ2) is 9.37. The molecular formula is C16H26BrNO2. The molecule has 114 valence electrons. The lowest BCUT2D eigenvalue weighted by molar-refractivity contribution is 0.134. The lowest BCUT2D eigenvalue weighted by Crippen LogP contribution is -2.21. The number of ether oxygens (including phenoxy) is 2. The molecule has 1 aromatic rings. The summed E-state index contributed by atoms with van der Waals surface area (Å²) >= 11 is 3.54. The van der Waals surface area contributed by atoms with Gasteiger partial charge < -0.3 is 14.8 Å². The van der Waals surface area contributed by atoms with Crippen molar-refractivity contribution in [2.45, 2.75) is 45.8 Å². The molecule has 3 nitrogen and oxygen atoms in total. The van der Waals surface area contributed by atoms with E-state index in [-0.39, 0.29) is 12.1 Å². The third kappa shape index (κ3) is 5.81. The molecule has 0 saturated heterocycles. The van der Waals surface area contributed by atoms with Crippen molar-refractivity contribution >= 4 is 15.9 Å². The van der Waals surface area contributed by atoms with Gasteiger partial charge in [-0.05, 0) is 45.0 Å². The maximum Gasteiger partial charge on any atom is 0.124 e. The van der Waals surface area contributed by atoms with Crippen molar-refractivity contribution in [2.75, 3.05) is 20.3 Å². The van der Waals surface area contributed by atoms with Crippen LogP contribution in [0.25, 0.3) is 0 Å². The summed E-state index contributed by atoms with van der Waals surface area (Å²) in [5, 5.41) is 3.51. The van der Waals surface area contributed by atoms with Crippen LogP contribution in [0.4, 0.5) is 0 Å². The number of nitrogens with one attached hydrogen (secondary N) is 1. The van der Waals surface area contributed by atoms with Crippen LogP contribution >= 0.6 is 15.9 Å². The van der Waals surface area contributed by atoms with Gasteiger partial charge in [0.2, 0.25) is 0 Å². The molecule has 0 saturated carbocycles. The second-order valence-electron chi connectivity index (χ2n) is 5.07. The van der Waals surface area contributed by atoms with Crippen molar-refractivity contribution in [2.24, 2.45) is 0 Å². The summed E-state index contributed by atoms with van der Waals surface area (Å²) < 4.78 is 12.2. The van der Waals surface area contributed by atoms with Gasteiger partial charge in [-0.1, -0.05) is 22.9 Å². The van der Waals surface area contributed by atoms with E-state index in [9.17, 15) is 0 Å². The molecule has 20 heavy (non-hydrogen) atoms. The molecule has 0 fully saturated rings. The Hall–Kier alpha value is -0.580.